The van der Waals surface area contributed by atoms with Crippen LogP contribution >= 0.6 is 23.4 Å². The first-order valence-corrected chi connectivity index (χ1v) is 6.28. The fraction of sp³-hybridized carbons (Fsp3) is 0.455. The van der Waals surface area contributed by atoms with Gasteiger partial charge in [0, 0.05) is 30.8 Å². The molecule has 1 rings (SSSR count). The summed E-state index contributed by atoms with van der Waals surface area (Å²) in [5.41, 5.74) is 0. The Labute approximate surface area is 100 Å². The molecule has 0 bridgehead atoms. The van der Waals surface area contributed by atoms with Crippen molar-refractivity contribution in [3.63, 3.8) is 0 Å². The fourth-order valence-corrected chi connectivity index (χ4v) is 2.24. The van der Waals surface area contributed by atoms with Gasteiger partial charge in [0.05, 0.1) is 11.6 Å². The first-order chi connectivity index (χ1) is 7.34. The maximum Gasteiger partial charge on any atom is 0.0587 e. The summed E-state index contributed by atoms with van der Waals surface area (Å²) in [5.74, 6) is 1.02. The van der Waals surface area contributed by atoms with E-state index in [1.54, 1.807) is 18.9 Å². The van der Waals surface area contributed by atoms with Gasteiger partial charge in [-0.1, -0.05) is 23.7 Å². The highest BCUT2D eigenvalue weighted by Crippen LogP contribution is 2.25. The van der Waals surface area contributed by atoms with Crippen molar-refractivity contribution in [2.45, 2.75) is 4.90 Å². The van der Waals surface area contributed by atoms with Gasteiger partial charge >= 0.3 is 0 Å². The lowest BCUT2D eigenvalue weighted by Crippen LogP contribution is -2.21. The molecule has 1 aromatic rings. The van der Waals surface area contributed by atoms with E-state index in [1.807, 2.05) is 24.3 Å². The zero-order valence-electron chi connectivity index (χ0n) is 8.83. The molecule has 1 N–H and O–H groups in total. The summed E-state index contributed by atoms with van der Waals surface area (Å²) in [5, 5.41) is 4.12. The van der Waals surface area contributed by atoms with E-state index < -0.39 is 0 Å². The summed E-state index contributed by atoms with van der Waals surface area (Å²) in [6.45, 7) is 2.63. The lowest BCUT2D eigenvalue weighted by molar-refractivity contribution is 0.200. The Bertz CT molecular complexity index is 283. The molecule has 0 saturated carbocycles. The standard InChI is InChI=1S/C11H16ClNOS/c1-14-8-6-13-7-9-15-11-5-3-2-4-10(11)12/h2-5,13H,6-9H2,1H3. The number of hydrogen-bond acceptors (Lipinski definition) is 3. The van der Waals surface area contributed by atoms with Gasteiger partial charge in [0.1, 0.15) is 0 Å². The van der Waals surface area contributed by atoms with Crippen molar-refractivity contribution in [3.05, 3.63) is 29.3 Å². The molecule has 0 saturated heterocycles. The van der Waals surface area contributed by atoms with E-state index in [0.29, 0.717) is 0 Å². The minimum atomic E-state index is 0.761. The van der Waals surface area contributed by atoms with Gasteiger partial charge in [0.2, 0.25) is 0 Å². The third kappa shape index (κ3) is 5.42. The summed E-state index contributed by atoms with van der Waals surface area (Å²) < 4.78 is 4.94. The molecule has 0 radical (unpaired) electrons. The molecule has 0 spiro atoms. The number of thioether (sulfide) groups is 1. The van der Waals surface area contributed by atoms with E-state index in [9.17, 15) is 0 Å². The van der Waals surface area contributed by atoms with Crippen LogP contribution in [0.4, 0.5) is 0 Å². The second-order valence-corrected chi connectivity index (χ2v) is 4.57. The lowest BCUT2D eigenvalue weighted by Gasteiger charge is -2.05. The molecule has 15 heavy (non-hydrogen) atoms. The van der Waals surface area contributed by atoms with Crippen molar-refractivity contribution < 1.29 is 4.74 Å². The largest absolute Gasteiger partial charge is 0.383 e. The van der Waals surface area contributed by atoms with E-state index in [4.69, 9.17) is 16.3 Å². The highest BCUT2D eigenvalue weighted by atomic mass is 35.5. The van der Waals surface area contributed by atoms with Gasteiger partial charge < -0.3 is 10.1 Å². The second kappa shape index (κ2) is 7.99. The Balaban J connectivity index is 2.12. The Kier molecular flexibility index (Phi) is 6.85. The Hall–Kier alpha value is -0.220. The van der Waals surface area contributed by atoms with Crippen LogP contribution in [0.15, 0.2) is 29.2 Å². The molecule has 84 valence electrons. The van der Waals surface area contributed by atoms with Crippen molar-refractivity contribution in [1.29, 1.82) is 0 Å². The fourth-order valence-electron chi connectivity index (χ4n) is 1.09. The van der Waals surface area contributed by atoms with Crippen LogP contribution in [0.1, 0.15) is 0 Å². The third-order valence-corrected chi connectivity index (χ3v) is 3.37. The number of rotatable bonds is 7. The predicted octanol–water partition coefficient (Wildman–Crippen LogP) is 2.67. The molecule has 4 heteroatoms. The quantitative estimate of drug-likeness (QED) is 0.590. The van der Waals surface area contributed by atoms with Crippen LogP contribution in [-0.4, -0.2) is 32.6 Å². The minimum Gasteiger partial charge on any atom is -0.383 e. The Morgan fingerprint density at radius 1 is 1.33 bits per heavy atom. The number of methoxy groups -OCH3 is 1. The van der Waals surface area contributed by atoms with Crippen LogP contribution < -0.4 is 5.32 Å². The minimum absolute atomic E-state index is 0.761. The SMILES string of the molecule is COCCNCCSc1ccccc1Cl. The summed E-state index contributed by atoms with van der Waals surface area (Å²) in [7, 11) is 1.71. The van der Waals surface area contributed by atoms with Crippen molar-refractivity contribution in [2.75, 3.05) is 32.6 Å². The molecule has 0 aromatic heterocycles. The van der Waals surface area contributed by atoms with Gasteiger partial charge in [0.25, 0.3) is 0 Å². The van der Waals surface area contributed by atoms with Gasteiger partial charge in [-0.3, -0.25) is 0 Å². The van der Waals surface area contributed by atoms with Crippen LogP contribution in [0.2, 0.25) is 5.02 Å². The number of halogens is 1. The van der Waals surface area contributed by atoms with Crippen molar-refractivity contribution in [1.82, 2.24) is 5.32 Å². The highest BCUT2D eigenvalue weighted by molar-refractivity contribution is 7.99. The predicted molar refractivity (Wildman–Crippen MR) is 66.9 cm³/mol. The maximum absolute atomic E-state index is 6.03. The number of hydrogen-bond donors (Lipinski definition) is 1. The van der Waals surface area contributed by atoms with E-state index in [1.165, 1.54) is 0 Å². The molecular formula is C11H16ClNOS. The zero-order chi connectivity index (χ0) is 10.9. The van der Waals surface area contributed by atoms with Crippen LogP contribution in [0.25, 0.3) is 0 Å². The average Bonchev–Trinajstić information content (AvgIpc) is 2.25. The molecule has 0 fully saturated rings. The van der Waals surface area contributed by atoms with Crippen LogP contribution in [0, 0.1) is 0 Å². The van der Waals surface area contributed by atoms with E-state index in [0.717, 1.165) is 35.4 Å². The number of benzene rings is 1. The second-order valence-electron chi connectivity index (χ2n) is 3.02. The molecule has 2 nitrogen and oxygen atoms in total. The molecule has 0 heterocycles. The van der Waals surface area contributed by atoms with E-state index >= 15 is 0 Å². The normalized spacial score (nSPS) is 10.5. The highest BCUT2D eigenvalue weighted by Gasteiger charge is 1.98. The molecular weight excluding hydrogens is 230 g/mol. The Morgan fingerprint density at radius 2 is 2.13 bits per heavy atom. The van der Waals surface area contributed by atoms with Crippen LogP contribution in [0.3, 0.4) is 0 Å². The lowest BCUT2D eigenvalue weighted by atomic mass is 10.4. The summed E-state index contributed by atoms with van der Waals surface area (Å²) in [6.07, 6.45) is 0. The van der Waals surface area contributed by atoms with Gasteiger partial charge in [-0.25, -0.2) is 0 Å². The van der Waals surface area contributed by atoms with Crippen molar-refractivity contribution in [3.8, 4) is 0 Å². The van der Waals surface area contributed by atoms with Crippen LogP contribution in [-0.2, 0) is 4.74 Å². The topological polar surface area (TPSA) is 21.3 Å². The Morgan fingerprint density at radius 3 is 2.87 bits per heavy atom. The van der Waals surface area contributed by atoms with Gasteiger partial charge in [-0.15, -0.1) is 11.8 Å². The first-order valence-electron chi connectivity index (χ1n) is 4.91. The molecule has 0 amide bonds. The van der Waals surface area contributed by atoms with Crippen molar-refractivity contribution >= 4 is 23.4 Å². The maximum atomic E-state index is 6.03. The van der Waals surface area contributed by atoms with Gasteiger partial charge in [-0.05, 0) is 12.1 Å². The smallest absolute Gasteiger partial charge is 0.0587 e. The molecule has 0 aliphatic rings. The monoisotopic (exact) mass is 245 g/mol. The van der Waals surface area contributed by atoms with Crippen molar-refractivity contribution in [2.24, 2.45) is 0 Å². The molecule has 0 atom stereocenters. The van der Waals surface area contributed by atoms with Gasteiger partial charge in [-0.2, -0.15) is 0 Å². The summed E-state index contributed by atoms with van der Waals surface area (Å²) in [6, 6.07) is 7.92. The van der Waals surface area contributed by atoms with Crippen LogP contribution in [0.5, 0.6) is 0 Å². The summed E-state index contributed by atoms with van der Waals surface area (Å²) >= 11 is 7.80. The average molecular weight is 246 g/mol. The molecule has 1 aromatic carbocycles. The zero-order valence-corrected chi connectivity index (χ0v) is 10.4. The first kappa shape index (κ1) is 12.8. The number of nitrogens with one attached hydrogen (secondary N) is 1. The van der Waals surface area contributed by atoms with E-state index in [2.05, 4.69) is 5.32 Å². The molecule has 0 aliphatic heterocycles. The summed E-state index contributed by atoms with van der Waals surface area (Å²) in [4.78, 5) is 1.15. The van der Waals surface area contributed by atoms with Gasteiger partial charge in [0.15, 0.2) is 0 Å². The van der Waals surface area contributed by atoms with E-state index in [-0.39, 0.29) is 0 Å². The number of ether oxygens (including phenoxy) is 1. The molecule has 0 aliphatic carbocycles. The molecule has 0 unspecified atom stereocenters. The third-order valence-electron chi connectivity index (χ3n) is 1.86.